The van der Waals surface area contributed by atoms with Gasteiger partial charge in [-0.3, -0.25) is 24.5 Å². The molecule has 10 heteroatoms. The predicted molar refractivity (Wildman–Crippen MR) is 116 cm³/mol. The molecule has 3 rings (SSSR count). The van der Waals surface area contributed by atoms with Crippen molar-refractivity contribution in [3.05, 3.63) is 69.8 Å². The number of nitrogens with zero attached hydrogens (tertiary/aromatic N) is 2. The minimum absolute atomic E-state index is 0.0530. The first-order valence-corrected chi connectivity index (χ1v) is 10.2. The van der Waals surface area contributed by atoms with Crippen LogP contribution < -0.4 is 4.90 Å². The fraction of sp³-hybridized carbons (Fsp3) is 0.304. The van der Waals surface area contributed by atoms with E-state index in [0.717, 1.165) is 6.07 Å². The first-order chi connectivity index (χ1) is 15.7. The number of amides is 1. The average molecular weight is 454 g/mol. The van der Waals surface area contributed by atoms with Crippen LogP contribution in [0, 0.1) is 16.0 Å². The predicted octanol–water partition coefficient (Wildman–Crippen LogP) is 2.94. The molecule has 1 saturated heterocycles. The Morgan fingerprint density at radius 3 is 2.45 bits per heavy atom. The Balaban J connectivity index is 1.58. The molecule has 2 aromatic rings. The highest BCUT2D eigenvalue weighted by atomic mass is 16.6. The number of Topliss-reactive ketones (excluding diaryl/α,β-unsaturated/α-hetero) is 1. The van der Waals surface area contributed by atoms with Crippen LogP contribution >= 0.6 is 0 Å². The fourth-order valence-electron chi connectivity index (χ4n) is 3.31. The summed E-state index contributed by atoms with van der Waals surface area (Å²) in [6, 6.07) is 11.4. The van der Waals surface area contributed by atoms with Crippen LogP contribution in [0.5, 0.6) is 0 Å². The van der Waals surface area contributed by atoms with Crippen LogP contribution in [0.2, 0.25) is 0 Å². The summed E-state index contributed by atoms with van der Waals surface area (Å²) in [5, 5.41) is 10.8. The number of carbonyl (C=O) groups excluding carboxylic acids is 4. The summed E-state index contributed by atoms with van der Waals surface area (Å²) in [5.74, 6) is -2.82. The molecule has 0 N–H and O–H groups in total. The van der Waals surface area contributed by atoms with Crippen LogP contribution in [-0.4, -0.2) is 47.8 Å². The molecule has 2 aromatic carbocycles. The van der Waals surface area contributed by atoms with E-state index in [1.807, 2.05) is 0 Å². The minimum atomic E-state index is -0.763. The highest BCUT2D eigenvalue weighted by molar-refractivity contribution is 6.01. The number of benzene rings is 2. The first-order valence-electron chi connectivity index (χ1n) is 10.2. The molecule has 0 aromatic heterocycles. The van der Waals surface area contributed by atoms with Gasteiger partial charge in [0.15, 0.2) is 6.61 Å². The molecule has 1 aliphatic rings. The zero-order valence-corrected chi connectivity index (χ0v) is 18.1. The van der Waals surface area contributed by atoms with E-state index in [-0.39, 0.29) is 36.2 Å². The lowest BCUT2D eigenvalue weighted by atomic mass is 10.1. The summed E-state index contributed by atoms with van der Waals surface area (Å²) in [6.45, 7) is 2.97. The van der Waals surface area contributed by atoms with Crippen LogP contribution in [0.1, 0.15) is 41.0 Å². The third-order valence-electron chi connectivity index (χ3n) is 4.94. The van der Waals surface area contributed by atoms with Crippen molar-refractivity contribution in [1.29, 1.82) is 0 Å². The Hall–Kier alpha value is -4.08. The number of esters is 2. The molecule has 1 fully saturated rings. The van der Waals surface area contributed by atoms with E-state index < -0.39 is 35.2 Å². The van der Waals surface area contributed by atoms with Gasteiger partial charge in [0.1, 0.15) is 0 Å². The Bertz CT molecular complexity index is 1090. The molecule has 1 heterocycles. The maximum atomic E-state index is 12.4. The molecule has 0 spiro atoms. The van der Waals surface area contributed by atoms with E-state index in [1.165, 1.54) is 35.2 Å². The van der Waals surface area contributed by atoms with Crippen LogP contribution in [-0.2, 0) is 19.1 Å². The van der Waals surface area contributed by atoms with Crippen LogP contribution in [0.25, 0.3) is 0 Å². The van der Waals surface area contributed by atoms with Gasteiger partial charge in [-0.2, -0.15) is 0 Å². The summed E-state index contributed by atoms with van der Waals surface area (Å²) in [6.07, 6.45) is -0.339. The second-order valence-corrected chi connectivity index (χ2v) is 7.74. The number of nitro benzene ring substituents is 1. The number of hydrogen-bond donors (Lipinski definition) is 0. The summed E-state index contributed by atoms with van der Waals surface area (Å²) >= 11 is 0. The van der Waals surface area contributed by atoms with Crippen molar-refractivity contribution < 1.29 is 33.6 Å². The van der Waals surface area contributed by atoms with Crippen molar-refractivity contribution >= 4 is 35.0 Å². The van der Waals surface area contributed by atoms with E-state index in [0.29, 0.717) is 11.3 Å². The number of ether oxygens (including phenoxy) is 2. The minimum Gasteiger partial charge on any atom is -0.459 e. The Morgan fingerprint density at radius 1 is 1.12 bits per heavy atom. The number of hydrogen-bond acceptors (Lipinski definition) is 8. The first kappa shape index (κ1) is 23.6. The van der Waals surface area contributed by atoms with Gasteiger partial charge < -0.3 is 14.4 Å². The number of nitro groups is 1. The van der Waals surface area contributed by atoms with Crippen LogP contribution in [0.4, 0.5) is 11.4 Å². The van der Waals surface area contributed by atoms with Gasteiger partial charge in [-0.15, -0.1) is 0 Å². The molecule has 0 aliphatic carbocycles. The SMILES string of the molecule is CC(C)OC(=O)c1ccc(N2CC(C(=O)OCC(=O)c3cccc([N+](=O)[O-])c3)CC2=O)cc1. The number of anilines is 1. The molecule has 1 atom stereocenters. The van der Waals surface area contributed by atoms with E-state index in [9.17, 15) is 29.3 Å². The molecular formula is C23H22N2O8. The lowest BCUT2D eigenvalue weighted by molar-refractivity contribution is -0.384. The number of carbonyl (C=O) groups is 4. The molecule has 0 radical (unpaired) electrons. The average Bonchev–Trinajstić information content (AvgIpc) is 3.18. The maximum absolute atomic E-state index is 12.4. The van der Waals surface area contributed by atoms with E-state index in [4.69, 9.17) is 9.47 Å². The van der Waals surface area contributed by atoms with Crippen molar-refractivity contribution in [2.75, 3.05) is 18.1 Å². The second kappa shape index (κ2) is 10.0. The highest BCUT2D eigenvalue weighted by Crippen LogP contribution is 2.26. The molecule has 172 valence electrons. The molecule has 0 saturated carbocycles. The number of ketones is 1. The Kier molecular flexibility index (Phi) is 7.17. The smallest absolute Gasteiger partial charge is 0.338 e. The quantitative estimate of drug-likeness (QED) is 0.257. The number of non-ortho nitro benzene ring substituents is 1. The van der Waals surface area contributed by atoms with Crippen LogP contribution in [0.15, 0.2) is 48.5 Å². The molecule has 33 heavy (non-hydrogen) atoms. The van der Waals surface area contributed by atoms with E-state index >= 15 is 0 Å². The summed E-state index contributed by atoms with van der Waals surface area (Å²) in [7, 11) is 0. The molecule has 1 unspecified atom stereocenters. The zero-order valence-electron chi connectivity index (χ0n) is 18.1. The van der Waals surface area contributed by atoms with Crippen molar-refractivity contribution in [3.63, 3.8) is 0 Å². The molecule has 1 amide bonds. The fourth-order valence-corrected chi connectivity index (χ4v) is 3.31. The zero-order chi connectivity index (χ0) is 24.1. The lowest BCUT2D eigenvalue weighted by Crippen LogP contribution is -2.27. The van der Waals surface area contributed by atoms with Crippen molar-refractivity contribution in [1.82, 2.24) is 0 Å². The molecule has 0 bridgehead atoms. The second-order valence-electron chi connectivity index (χ2n) is 7.74. The topological polar surface area (TPSA) is 133 Å². The Labute approximate surface area is 189 Å². The summed E-state index contributed by atoms with van der Waals surface area (Å²) < 4.78 is 10.2. The summed E-state index contributed by atoms with van der Waals surface area (Å²) in [5.41, 5.74) is 0.670. The van der Waals surface area contributed by atoms with E-state index in [2.05, 4.69) is 0 Å². The van der Waals surface area contributed by atoms with Gasteiger partial charge in [0, 0.05) is 36.3 Å². The van der Waals surface area contributed by atoms with Gasteiger partial charge in [-0.25, -0.2) is 4.79 Å². The van der Waals surface area contributed by atoms with Gasteiger partial charge >= 0.3 is 11.9 Å². The molecule has 1 aliphatic heterocycles. The molecular weight excluding hydrogens is 432 g/mol. The van der Waals surface area contributed by atoms with Crippen LogP contribution in [0.3, 0.4) is 0 Å². The summed E-state index contributed by atoms with van der Waals surface area (Å²) in [4.78, 5) is 60.6. The molecule has 10 nitrogen and oxygen atoms in total. The lowest BCUT2D eigenvalue weighted by Gasteiger charge is -2.17. The van der Waals surface area contributed by atoms with Gasteiger partial charge in [-0.1, -0.05) is 12.1 Å². The number of rotatable bonds is 8. The van der Waals surface area contributed by atoms with Gasteiger partial charge in [0.05, 0.1) is 22.5 Å². The van der Waals surface area contributed by atoms with Gasteiger partial charge in [0.25, 0.3) is 5.69 Å². The third kappa shape index (κ3) is 5.79. The van der Waals surface area contributed by atoms with Gasteiger partial charge in [0.2, 0.25) is 11.7 Å². The van der Waals surface area contributed by atoms with Crippen molar-refractivity contribution in [2.24, 2.45) is 5.92 Å². The maximum Gasteiger partial charge on any atom is 0.338 e. The largest absolute Gasteiger partial charge is 0.459 e. The standard InChI is InChI=1S/C23H22N2O8/c1-14(2)33-23(29)15-6-8-18(9-7-15)24-12-17(11-21(24)27)22(28)32-13-20(26)16-4-3-5-19(10-16)25(30)31/h3-10,14,17H,11-13H2,1-2H3. The highest BCUT2D eigenvalue weighted by Gasteiger charge is 2.36. The Morgan fingerprint density at radius 2 is 1.82 bits per heavy atom. The van der Waals surface area contributed by atoms with Crippen molar-refractivity contribution in [2.45, 2.75) is 26.4 Å². The third-order valence-corrected chi connectivity index (χ3v) is 4.94. The monoisotopic (exact) mass is 454 g/mol. The van der Waals surface area contributed by atoms with Crippen molar-refractivity contribution in [3.8, 4) is 0 Å². The normalized spacial score (nSPS) is 15.4. The van der Waals surface area contributed by atoms with Gasteiger partial charge in [-0.05, 0) is 38.1 Å². The van der Waals surface area contributed by atoms with E-state index in [1.54, 1.807) is 26.0 Å².